The normalized spacial score (nSPS) is 22.0. The molecule has 6 heteroatoms. The van der Waals surface area contributed by atoms with Crippen LogP contribution in [0.2, 0.25) is 0 Å². The zero-order valence-corrected chi connectivity index (χ0v) is 17.3. The smallest absolute Gasteiger partial charge is 0.325 e. The van der Waals surface area contributed by atoms with Crippen molar-refractivity contribution in [2.75, 3.05) is 0 Å². The van der Waals surface area contributed by atoms with Crippen molar-refractivity contribution in [3.05, 3.63) is 78.4 Å². The van der Waals surface area contributed by atoms with E-state index in [1.165, 1.54) is 12.1 Å². The van der Waals surface area contributed by atoms with Crippen molar-refractivity contribution >= 4 is 16.0 Å². The number of hydrogen-bond donors (Lipinski definition) is 2. The highest BCUT2D eigenvalue weighted by molar-refractivity contribution is 7.89. The van der Waals surface area contributed by atoms with E-state index in [1.54, 1.807) is 12.1 Å². The zero-order valence-electron chi connectivity index (χ0n) is 16.5. The maximum absolute atomic E-state index is 12.9. The highest BCUT2D eigenvalue weighted by Crippen LogP contribution is 2.50. The van der Waals surface area contributed by atoms with Crippen molar-refractivity contribution in [1.29, 1.82) is 0 Å². The Balaban J connectivity index is 1.85. The van der Waals surface area contributed by atoms with E-state index in [4.69, 9.17) is 0 Å². The lowest BCUT2D eigenvalue weighted by Crippen LogP contribution is -2.45. The molecule has 0 aliphatic heterocycles. The molecule has 2 aromatic carbocycles. The summed E-state index contributed by atoms with van der Waals surface area (Å²) in [4.78, 5) is 12.0. The monoisotopic (exact) mass is 411 g/mol. The highest BCUT2D eigenvalue weighted by Gasteiger charge is 2.63. The first-order valence-corrected chi connectivity index (χ1v) is 11.1. The third-order valence-corrected chi connectivity index (χ3v) is 6.82. The Kier molecular flexibility index (Phi) is 6.05. The first kappa shape index (κ1) is 21.0. The van der Waals surface area contributed by atoms with Crippen LogP contribution in [0.4, 0.5) is 0 Å². The Hall–Kier alpha value is -2.70. The van der Waals surface area contributed by atoms with Crippen molar-refractivity contribution in [3.8, 4) is 11.1 Å². The predicted octanol–water partition coefficient (Wildman–Crippen LogP) is 4.39. The van der Waals surface area contributed by atoms with E-state index in [2.05, 4.69) is 4.72 Å². The number of allylic oxidation sites excluding steroid dienone is 3. The summed E-state index contributed by atoms with van der Waals surface area (Å²) in [6.07, 6.45) is 6.50. The summed E-state index contributed by atoms with van der Waals surface area (Å²) in [5, 5.41) is 9.77. The fourth-order valence-corrected chi connectivity index (χ4v) is 4.96. The van der Waals surface area contributed by atoms with Crippen LogP contribution in [0, 0.1) is 5.92 Å². The van der Waals surface area contributed by atoms with Crippen LogP contribution >= 0.6 is 0 Å². The molecule has 0 saturated heterocycles. The summed E-state index contributed by atoms with van der Waals surface area (Å²) in [7, 11) is -3.97. The van der Waals surface area contributed by atoms with Crippen LogP contribution in [0.25, 0.3) is 11.1 Å². The minimum absolute atomic E-state index is 0.0546. The zero-order chi connectivity index (χ0) is 21.1. The molecule has 29 heavy (non-hydrogen) atoms. The lowest BCUT2D eigenvalue weighted by Gasteiger charge is -2.16. The molecule has 5 nitrogen and oxygen atoms in total. The molecule has 0 bridgehead atoms. The number of hydrogen-bond acceptors (Lipinski definition) is 3. The predicted molar refractivity (Wildman–Crippen MR) is 114 cm³/mol. The van der Waals surface area contributed by atoms with Gasteiger partial charge in [-0.2, -0.15) is 4.72 Å². The summed E-state index contributed by atoms with van der Waals surface area (Å²) >= 11 is 0. The Bertz CT molecular complexity index is 1040. The fourth-order valence-electron chi connectivity index (χ4n) is 3.56. The van der Waals surface area contributed by atoms with Crippen LogP contribution in [0.5, 0.6) is 0 Å². The van der Waals surface area contributed by atoms with Crippen molar-refractivity contribution in [2.24, 2.45) is 5.92 Å². The van der Waals surface area contributed by atoms with Gasteiger partial charge in [-0.15, -0.1) is 0 Å². The highest BCUT2D eigenvalue weighted by atomic mass is 32.2. The maximum Gasteiger partial charge on any atom is 0.325 e. The summed E-state index contributed by atoms with van der Waals surface area (Å²) in [5.74, 6) is -1.49. The molecule has 1 aliphatic carbocycles. The van der Waals surface area contributed by atoms with Gasteiger partial charge in [0.25, 0.3) is 0 Å². The van der Waals surface area contributed by atoms with Gasteiger partial charge in [0.1, 0.15) is 5.54 Å². The van der Waals surface area contributed by atoms with Gasteiger partial charge >= 0.3 is 5.97 Å². The topological polar surface area (TPSA) is 83.5 Å². The fraction of sp³-hybridized carbons (Fsp3) is 0.261. The molecular weight excluding hydrogens is 386 g/mol. The summed E-state index contributed by atoms with van der Waals surface area (Å²) < 4.78 is 28.3. The van der Waals surface area contributed by atoms with E-state index in [0.29, 0.717) is 6.42 Å². The average Bonchev–Trinajstić information content (AvgIpc) is 3.44. The van der Waals surface area contributed by atoms with E-state index < -0.39 is 21.5 Å². The van der Waals surface area contributed by atoms with Gasteiger partial charge in [0.05, 0.1) is 4.90 Å². The summed E-state index contributed by atoms with van der Waals surface area (Å²) in [5.41, 5.74) is 1.31. The van der Waals surface area contributed by atoms with Gasteiger partial charge < -0.3 is 5.11 Å². The SMILES string of the molecule is C/C=C\C=C(/CC)C1CC1(NS(=O)(=O)c1ccc(-c2ccccc2)cc1)C(=O)O. The van der Waals surface area contributed by atoms with Crippen LogP contribution in [0.3, 0.4) is 0 Å². The van der Waals surface area contributed by atoms with Gasteiger partial charge in [-0.1, -0.05) is 73.2 Å². The number of nitrogens with one attached hydrogen (secondary N) is 1. The number of carbonyl (C=O) groups is 1. The van der Waals surface area contributed by atoms with Crippen LogP contribution in [-0.2, 0) is 14.8 Å². The van der Waals surface area contributed by atoms with Crippen molar-refractivity contribution in [2.45, 2.75) is 37.1 Å². The molecule has 1 fully saturated rings. The molecule has 2 N–H and O–H groups in total. The Labute approximate surface area is 171 Å². The lowest BCUT2D eigenvalue weighted by molar-refractivity contribution is -0.140. The lowest BCUT2D eigenvalue weighted by atomic mass is 10.0. The average molecular weight is 412 g/mol. The number of benzene rings is 2. The molecule has 1 saturated carbocycles. The van der Waals surface area contributed by atoms with E-state index in [-0.39, 0.29) is 17.2 Å². The van der Waals surface area contributed by atoms with Crippen LogP contribution in [0.15, 0.2) is 83.3 Å². The van der Waals surface area contributed by atoms with Crippen molar-refractivity contribution < 1.29 is 18.3 Å². The molecule has 0 spiro atoms. The van der Waals surface area contributed by atoms with Crippen LogP contribution in [0.1, 0.15) is 26.7 Å². The first-order valence-electron chi connectivity index (χ1n) is 9.58. The van der Waals surface area contributed by atoms with Crippen LogP contribution in [-0.4, -0.2) is 25.0 Å². The van der Waals surface area contributed by atoms with Gasteiger partial charge in [0.15, 0.2) is 0 Å². The molecule has 152 valence electrons. The molecule has 2 atom stereocenters. The van der Waals surface area contributed by atoms with Crippen molar-refractivity contribution in [1.82, 2.24) is 4.72 Å². The number of carboxylic acid groups (broad SMARTS) is 1. The Morgan fingerprint density at radius 1 is 1.14 bits per heavy atom. The standard InChI is InChI=1S/C23H25NO4S/c1-3-5-9-17(4-2)21-16-23(21,22(25)26)24-29(27,28)20-14-12-19(13-15-20)18-10-7-6-8-11-18/h3,5-15,21,24H,4,16H2,1-2H3,(H,25,26)/b5-3-,17-9+. The van der Waals surface area contributed by atoms with Gasteiger partial charge in [0, 0.05) is 5.92 Å². The minimum Gasteiger partial charge on any atom is -0.480 e. The molecule has 0 amide bonds. The largest absolute Gasteiger partial charge is 0.480 e. The first-order chi connectivity index (χ1) is 13.8. The summed E-state index contributed by atoms with van der Waals surface area (Å²) in [6.45, 7) is 3.82. The molecule has 3 rings (SSSR count). The Morgan fingerprint density at radius 2 is 1.76 bits per heavy atom. The number of carboxylic acids is 1. The molecule has 2 aromatic rings. The molecule has 0 aromatic heterocycles. The van der Waals surface area contributed by atoms with Gasteiger partial charge in [-0.05, 0) is 43.0 Å². The van der Waals surface area contributed by atoms with Crippen molar-refractivity contribution in [3.63, 3.8) is 0 Å². The molecule has 2 unspecified atom stereocenters. The minimum atomic E-state index is -3.97. The second-order valence-electron chi connectivity index (χ2n) is 7.15. The molecule has 0 heterocycles. The molecular formula is C23H25NO4S. The van der Waals surface area contributed by atoms with Gasteiger partial charge in [-0.25, -0.2) is 8.42 Å². The number of sulfonamides is 1. The second-order valence-corrected chi connectivity index (χ2v) is 8.83. The quantitative estimate of drug-likeness (QED) is 0.631. The molecule has 1 aliphatic rings. The summed E-state index contributed by atoms with van der Waals surface area (Å²) in [6, 6.07) is 16.1. The number of aliphatic carboxylic acids is 1. The van der Waals surface area contributed by atoms with E-state index in [9.17, 15) is 18.3 Å². The van der Waals surface area contributed by atoms with Crippen LogP contribution < -0.4 is 4.72 Å². The van der Waals surface area contributed by atoms with Gasteiger partial charge in [-0.3, -0.25) is 4.79 Å². The number of rotatable bonds is 8. The van der Waals surface area contributed by atoms with E-state index in [1.807, 2.05) is 62.4 Å². The van der Waals surface area contributed by atoms with E-state index >= 15 is 0 Å². The molecule has 0 radical (unpaired) electrons. The second kappa shape index (κ2) is 8.35. The third-order valence-electron chi connectivity index (χ3n) is 5.29. The third kappa shape index (κ3) is 4.33. The van der Waals surface area contributed by atoms with E-state index in [0.717, 1.165) is 16.7 Å². The van der Waals surface area contributed by atoms with Gasteiger partial charge in [0.2, 0.25) is 10.0 Å². The maximum atomic E-state index is 12.9. The Morgan fingerprint density at radius 3 is 2.31 bits per heavy atom.